The summed E-state index contributed by atoms with van der Waals surface area (Å²) in [5.41, 5.74) is 7.26. The molecule has 0 radical (unpaired) electrons. The lowest BCUT2D eigenvalue weighted by atomic mass is 10.1. The Bertz CT molecular complexity index is 1680. The van der Waals surface area contributed by atoms with Crippen molar-refractivity contribution in [2.45, 2.75) is 78.1 Å². The van der Waals surface area contributed by atoms with Crippen LogP contribution in [0.1, 0.15) is 97.2 Å². The highest BCUT2D eigenvalue weighted by Gasteiger charge is 2.05. The number of hydrogen-bond acceptors (Lipinski definition) is 6. The zero-order valence-corrected chi connectivity index (χ0v) is 35.4. The summed E-state index contributed by atoms with van der Waals surface area (Å²) in [6.07, 6.45) is 20.5. The van der Waals surface area contributed by atoms with Crippen molar-refractivity contribution in [1.29, 1.82) is 0 Å². The Morgan fingerprint density at radius 3 is 1.05 bits per heavy atom. The molecule has 2 aromatic heterocycles. The standard InChI is InChI=1S/C50H62O4S2/c1-3-5-7-9-33-51-37-39-53-35-31-47-27-29-49(55-47)45-23-19-43(20-24-45)17-15-41-11-13-42(14-12-41)16-18-44-21-25-46(26-22-44)50-30-28-48(56-50)32-36-54-40-38-52-34-10-8-6-4-2/h11-30H,3-10,31-40H2,1-2H3. The second kappa shape index (κ2) is 26.3. The Kier molecular flexibility index (Phi) is 20.5. The van der Waals surface area contributed by atoms with Gasteiger partial charge in [-0.15, -0.1) is 22.7 Å². The summed E-state index contributed by atoms with van der Waals surface area (Å²) in [5.74, 6) is 0. The number of rotatable bonds is 28. The summed E-state index contributed by atoms with van der Waals surface area (Å²) >= 11 is 3.70. The van der Waals surface area contributed by atoms with Crippen molar-refractivity contribution in [2.24, 2.45) is 0 Å². The molecule has 0 spiro atoms. The van der Waals surface area contributed by atoms with Crippen molar-refractivity contribution >= 4 is 47.0 Å². The van der Waals surface area contributed by atoms with E-state index in [1.807, 2.05) is 22.7 Å². The summed E-state index contributed by atoms with van der Waals surface area (Å²) in [7, 11) is 0. The summed E-state index contributed by atoms with van der Waals surface area (Å²) in [5, 5.41) is 0. The number of ether oxygens (including phenoxy) is 4. The van der Waals surface area contributed by atoms with E-state index in [-0.39, 0.29) is 0 Å². The molecule has 0 atom stereocenters. The highest BCUT2D eigenvalue weighted by Crippen LogP contribution is 2.30. The SMILES string of the molecule is CCCCCCOCCOCCc1ccc(-c2ccc(C=Cc3ccc(C=Cc4ccc(-c5ccc(CCOCCOCCCCCC)s5)cc4)cc3)cc2)s1. The van der Waals surface area contributed by atoms with Gasteiger partial charge in [0.1, 0.15) is 0 Å². The average Bonchev–Trinajstić information content (AvgIpc) is 3.92. The lowest BCUT2D eigenvalue weighted by molar-refractivity contribution is 0.0476. The molecule has 6 heteroatoms. The molecule has 0 aliphatic rings. The van der Waals surface area contributed by atoms with E-state index in [2.05, 4.69) is 135 Å². The second-order valence-electron chi connectivity index (χ2n) is 14.2. The first kappa shape index (κ1) is 43.5. The summed E-state index contributed by atoms with van der Waals surface area (Å²) in [6.45, 7) is 10.3. The quantitative estimate of drug-likeness (QED) is 0.0373. The highest BCUT2D eigenvalue weighted by molar-refractivity contribution is 7.15. The molecular formula is C50H62O4S2. The number of thiophene rings is 2. The first-order valence-corrected chi connectivity index (χ1v) is 22.5. The first-order chi connectivity index (χ1) is 27.7. The van der Waals surface area contributed by atoms with Crippen LogP contribution in [0.25, 0.3) is 45.2 Å². The molecule has 0 saturated carbocycles. The van der Waals surface area contributed by atoms with Crippen molar-refractivity contribution in [2.75, 3.05) is 52.9 Å². The van der Waals surface area contributed by atoms with Crippen LogP contribution in [0.3, 0.4) is 0 Å². The zero-order chi connectivity index (χ0) is 38.9. The van der Waals surface area contributed by atoms with E-state index >= 15 is 0 Å². The lowest BCUT2D eigenvalue weighted by Gasteiger charge is -2.05. The fraction of sp³-hybridized carbons (Fsp3) is 0.400. The van der Waals surface area contributed by atoms with Gasteiger partial charge in [-0.2, -0.15) is 0 Å². The van der Waals surface area contributed by atoms with Crippen LogP contribution in [0, 0.1) is 0 Å². The Hall–Kier alpha value is -3.62. The molecule has 298 valence electrons. The smallest absolute Gasteiger partial charge is 0.0700 e. The van der Waals surface area contributed by atoms with E-state index in [4.69, 9.17) is 18.9 Å². The Labute approximate surface area is 345 Å². The molecule has 5 rings (SSSR count). The Morgan fingerprint density at radius 1 is 0.357 bits per heavy atom. The van der Waals surface area contributed by atoms with Crippen LogP contribution in [0.2, 0.25) is 0 Å². The van der Waals surface area contributed by atoms with E-state index in [9.17, 15) is 0 Å². The van der Waals surface area contributed by atoms with Crippen LogP contribution in [0.15, 0.2) is 97.1 Å². The van der Waals surface area contributed by atoms with E-state index in [1.165, 1.54) is 91.4 Å². The fourth-order valence-corrected chi connectivity index (χ4v) is 8.19. The average molecular weight is 791 g/mol. The Morgan fingerprint density at radius 2 is 0.696 bits per heavy atom. The normalized spacial score (nSPS) is 11.8. The van der Waals surface area contributed by atoms with Gasteiger partial charge in [-0.3, -0.25) is 0 Å². The molecular weight excluding hydrogens is 729 g/mol. The molecule has 5 aromatic rings. The van der Waals surface area contributed by atoms with Gasteiger partial charge in [-0.1, -0.05) is 149 Å². The third-order valence-electron chi connectivity index (χ3n) is 9.60. The van der Waals surface area contributed by atoms with Gasteiger partial charge in [-0.25, -0.2) is 0 Å². The van der Waals surface area contributed by atoms with Crippen molar-refractivity contribution in [3.63, 3.8) is 0 Å². The van der Waals surface area contributed by atoms with E-state index in [0.717, 1.165) is 52.1 Å². The lowest BCUT2D eigenvalue weighted by Crippen LogP contribution is -2.07. The van der Waals surface area contributed by atoms with Gasteiger partial charge in [0.05, 0.1) is 39.6 Å². The Balaban J connectivity index is 0.981. The van der Waals surface area contributed by atoms with Crippen molar-refractivity contribution in [3.8, 4) is 20.9 Å². The van der Waals surface area contributed by atoms with Crippen molar-refractivity contribution in [3.05, 3.63) is 129 Å². The topological polar surface area (TPSA) is 36.9 Å². The summed E-state index contributed by atoms with van der Waals surface area (Å²) in [4.78, 5) is 5.30. The minimum atomic E-state index is 0.670. The minimum absolute atomic E-state index is 0.670. The van der Waals surface area contributed by atoms with Gasteiger partial charge in [0.2, 0.25) is 0 Å². The molecule has 0 unspecified atom stereocenters. The molecule has 0 amide bonds. The second-order valence-corrected chi connectivity index (χ2v) is 16.5. The molecule has 0 aliphatic carbocycles. The minimum Gasteiger partial charge on any atom is -0.379 e. The van der Waals surface area contributed by atoms with Gasteiger partial charge in [0.25, 0.3) is 0 Å². The van der Waals surface area contributed by atoms with Gasteiger partial charge < -0.3 is 18.9 Å². The summed E-state index contributed by atoms with van der Waals surface area (Å²) < 4.78 is 23.0. The number of benzene rings is 3. The monoisotopic (exact) mass is 790 g/mol. The van der Waals surface area contributed by atoms with Crippen LogP contribution in [-0.4, -0.2) is 52.9 Å². The number of unbranched alkanes of at least 4 members (excludes halogenated alkanes) is 6. The zero-order valence-electron chi connectivity index (χ0n) is 33.7. The molecule has 0 bridgehead atoms. The molecule has 3 aromatic carbocycles. The van der Waals surface area contributed by atoms with Gasteiger partial charge in [0.15, 0.2) is 0 Å². The van der Waals surface area contributed by atoms with Crippen molar-refractivity contribution in [1.82, 2.24) is 0 Å². The van der Waals surface area contributed by atoms with Gasteiger partial charge in [-0.05, 0) is 70.5 Å². The molecule has 2 heterocycles. The fourth-order valence-electron chi connectivity index (χ4n) is 6.21. The van der Waals surface area contributed by atoms with Gasteiger partial charge in [0, 0.05) is 45.6 Å². The molecule has 0 N–H and O–H groups in total. The van der Waals surface area contributed by atoms with Crippen LogP contribution in [0.5, 0.6) is 0 Å². The first-order valence-electron chi connectivity index (χ1n) is 20.9. The third-order valence-corrected chi connectivity index (χ3v) is 12.0. The number of hydrogen-bond donors (Lipinski definition) is 0. The van der Waals surface area contributed by atoms with E-state index < -0.39 is 0 Å². The van der Waals surface area contributed by atoms with E-state index in [0.29, 0.717) is 26.4 Å². The largest absolute Gasteiger partial charge is 0.379 e. The maximum atomic E-state index is 5.80. The van der Waals surface area contributed by atoms with Crippen molar-refractivity contribution < 1.29 is 18.9 Å². The molecule has 0 saturated heterocycles. The van der Waals surface area contributed by atoms with Crippen LogP contribution in [-0.2, 0) is 31.8 Å². The summed E-state index contributed by atoms with van der Waals surface area (Å²) in [6, 6.07) is 35.3. The van der Waals surface area contributed by atoms with Crippen LogP contribution in [0.4, 0.5) is 0 Å². The van der Waals surface area contributed by atoms with Crippen LogP contribution < -0.4 is 0 Å². The predicted octanol–water partition coefficient (Wildman–Crippen LogP) is 13.8. The maximum Gasteiger partial charge on any atom is 0.0700 e. The third kappa shape index (κ3) is 16.5. The molecule has 0 aliphatic heterocycles. The van der Waals surface area contributed by atoms with E-state index in [1.54, 1.807) is 0 Å². The van der Waals surface area contributed by atoms with Crippen LogP contribution >= 0.6 is 22.7 Å². The predicted molar refractivity (Wildman–Crippen MR) is 243 cm³/mol. The molecule has 0 fully saturated rings. The van der Waals surface area contributed by atoms with Gasteiger partial charge >= 0.3 is 0 Å². The highest BCUT2D eigenvalue weighted by atomic mass is 32.1. The molecule has 4 nitrogen and oxygen atoms in total. The maximum absolute atomic E-state index is 5.80. The molecule has 56 heavy (non-hydrogen) atoms.